The Bertz CT molecular complexity index is 719. The number of nitrogens with one attached hydrogen (secondary N) is 2. The molecule has 1 aromatic carbocycles. The van der Waals surface area contributed by atoms with E-state index in [1.165, 1.54) is 4.31 Å². The van der Waals surface area contributed by atoms with Crippen LogP contribution in [-0.4, -0.2) is 49.7 Å². The number of benzene rings is 1. The van der Waals surface area contributed by atoms with Crippen LogP contribution in [-0.2, 0) is 19.6 Å². The average molecular weight is 381 g/mol. The first kappa shape index (κ1) is 20.4. The van der Waals surface area contributed by atoms with Crippen molar-refractivity contribution in [3.8, 4) is 0 Å². The zero-order valence-corrected chi connectivity index (χ0v) is 16.1. The minimum atomic E-state index is -3.55. The Morgan fingerprint density at radius 3 is 2.50 bits per heavy atom. The van der Waals surface area contributed by atoms with Crippen molar-refractivity contribution in [1.82, 2.24) is 14.9 Å². The Balaban J connectivity index is 1.97. The summed E-state index contributed by atoms with van der Waals surface area (Å²) < 4.78 is 27.3. The van der Waals surface area contributed by atoms with Crippen molar-refractivity contribution in [2.24, 2.45) is 0 Å². The van der Waals surface area contributed by atoms with Gasteiger partial charge in [0.1, 0.15) is 0 Å². The lowest BCUT2D eigenvalue weighted by Crippen LogP contribution is -2.47. The Kier molecular flexibility index (Phi) is 7.16. The number of hydrogen-bond donors (Lipinski definition) is 2. The van der Waals surface area contributed by atoms with Gasteiger partial charge in [0.2, 0.25) is 10.0 Å². The molecule has 0 radical (unpaired) electrons. The van der Waals surface area contributed by atoms with Gasteiger partial charge in [-0.2, -0.15) is 4.31 Å². The molecule has 2 N–H and O–H groups in total. The molecule has 1 aromatic rings. The van der Waals surface area contributed by atoms with Crippen LogP contribution < -0.4 is 10.6 Å². The quantitative estimate of drug-likeness (QED) is 0.725. The molecule has 0 saturated carbocycles. The predicted molar refractivity (Wildman–Crippen MR) is 98.9 cm³/mol. The van der Waals surface area contributed by atoms with Crippen LogP contribution in [0.15, 0.2) is 35.2 Å². The number of sulfonamides is 1. The summed E-state index contributed by atoms with van der Waals surface area (Å²) in [5.41, 5.74) is 0. The summed E-state index contributed by atoms with van der Waals surface area (Å²) in [6.07, 6.45) is 3.01. The molecule has 7 nitrogen and oxygen atoms in total. The molecule has 1 heterocycles. The molecule has 0 unspecified atom stereocenters. The van der Waals surface area contributed by atoms with Crippen molar-refractivity contribution in [3.05, 3.63) is 30.3 Å². The monoisotopic (exact) mass is 381 g/mol. The van der Waals surface area contributed by atoms with Gasteiger partial charge in [0.05, 0.1) is 4.90 Å². The number of carbonyl (C=O) groups excluding carboxylic acids is 2. The van der Waals surface area contributed by atoms with Crippen molar-refractivity contribution in [1.29, 1.82) is 0 Å². The number of carbonyl (C=O) groups is 2. The van der Waals surface area contributed by atoms with Gasteiger partial charge in [0.15, 0.2) is 0 Å². The lowest BCUT2D eigenvalue weighted by Gasteiger charge is -2.34. The SMILES string of the molecule is CC(C)NC(=O)C(=O)NCC[C@H]1CCCCN1S(=O)(=O)c1ccccc1. The first-order chi connectivity index (χ1) is 12.3. The van der Waals surface area contributed by atoms with Crippen molar-refractivity contribution in [2.45, 2.75) is 56.5 Å². The highest BCUT2D eigenvalue weighted by Crippen LogP contribution is 2.26. The standard InChI is InChI=1S/C18H27N3O4S/c1-14(2)20-18(23)17(22)19-12-11-15-8-6-7-13-21(15)26(24,25)16-9-4-3-5-10-16/h3-5,9-10,14-15H,6-8,11-13H2,1-2H3,(H,19,22)(H,20,23)/t15-/m1/s1. The van der Waals surface area contributed by atoms with Gasteiger partial charge in [0.25, 0.3) is 0 Å². The summed E-state index contributed by atoms with van der Waals surface area (Å²) in [6.45, 7) is 4.29. The molecule has 1 saturated heterocycles. The molecular weight excluding hydrogens is 354 g/mol. The maximum Gasteiger partial charge on any atom is 0.309 e. The van der Waals surface area contributed by atoms with E-state index in [1.54, 1.807) is 44.2 Å². The Labute approximate surface area is 155 Å². The second-order valence-corrected chi connectivity index (χ2v) is 8.64. The summed E-state index contributed by atoms with van der Waals surface area (Å²) in [4.78, 5) is 23.7. The van der Waals surface area contributed by atoms with E-state index in [4.69, 9.17) is 0 Å². The van der Waals surface area contributed by atoms with Crippen LogP contribution in [0.5, 0.6) is 0 Å². The van der Waals surface area contributed by atoms with Crippen LogP contribution in [0, 0.1) is 0 Å². The van der Waals surface area contributed by atoms with Gasteiger partial charge in [0, 0.05) is 25.2 Å². The first-order valence-corrected chi connectivity index (χ1v) is 10.4. The summed E-state index contributed by atoms with van der Waals surface area (Å²) in [7, 11) is -3.55. The zero-order chi connectivity index (χ0) is 19.2. The van der Waals surface area contributed by atoms with Crippen molar-refractivity contribution >= 4 is 21.8 Å². The molecule has 144 valence electrons. The minimum absolute atomic E-state index is 0.113. The molecule has 0 aromatic heterocycles. The van der Waals surface area contributed by atoms with E-state index in [1.807, 2.05) is 0 Å². The lowest BCUT2D eigenvalue weighted by atomic mass is 10.0. The summed E-state index contributed by atoms with van der Waals surface area (Å²) in [5, 5.41) is 5.10. The van der Waals surface area contributed by atoms with Gasteiger partial charge >= 0.3 is 11.8 Å². The number of amides is 2. The summed E-state index contributed by atoms with van der Waals surface area (Å²) in [6, 6.07) is 8.10. The maximum atomic E-state index is 12.9. The fourth-order valence-corrected chi connectivity index (χ4v) is 4.81. The number of hydrogen-bond acceptors (Lipinski definition) is 4. The van der Waals surface area contributed by atoms with Gasteiger partial charge in [-0.25, -0.2) is 8.42 Å². The summed E-state index contributed by atoms with van der Waals surface area (Å²) in [5.74, 6) is -1.36. The van der Waals surface area contributed by atoms with Crippen LogP contribution in [0.25, 0.3) is 0 Å². The second kappa shape index (κ2) is 9.14. The van der Waals surface area contributed by atoms with Crippen molar-refractivity contribution in [2.75, 3.05) is 13.1 Å². The fourth-order valence-electron chi connectivity index (χ4n) is 3.07. The molecule has 26 heavy (non-hydrogen) atoms. The van der Waals surface area contributed by atoms with E-state index in [-0.39, 0.29) is 23.5 Å². The van der Waals surface area contributed by atoms with E-state index in [2.05, 4.69) is 10.6 Å². The third-order valence-corrected chi connectivity index (χ3v) is 6.28. The number of piperidine rings is 1. The molecular formula is C18H27N3O4S. The third-order valence-electron chi connectivity index (χ3n) is 4.31. The predicted octanol–water partition coefficient (Wildman–Crippen LogP) is 1.26. The van der Waals surface area contributed by atoms with Gasteiger partial charge in [-0.1, -0.05) is 24.6 Å². The molecule has 1 aliphatic heterocycles. The molecule has 8 heteroatoms. The smallest absolute Gasteiger partial charge is 0.309 e. The molecule has 0 aliphatic carbocycles. The first-order valence-electron chi connectivity index (χ1n) is 8.98. The average Bonchev–Trinajstić information content (AvgIpc) is 2.62. The topological polar surface area (TPSA) is 95.6 Å². The summed E-state index contributed by atoms with van der Waals surface area (Å²) >= 11 is 0. The number of rotatable bonds is 6. The van der Waals surface area contributed by atoms with Crippen molar-refractivity contribution in [3.63, 3.8) is 0 Å². The Hall–Kier alpha value is -1.93. The molecule has 2 amide bonds. The Morgan fingerprint density at radius 2 is 1.85 bits per heavy atom. The van der Waals surface area contributed by atoms with Crippen molar-refractivity contribution < 1.29 is 18.0 Å². The van der Waals surface area contributed by atoms with Crippen LogP contribution in [0.2, 0.25) is 0 Å². The van der Waals surface area contributed by atoms with Crippen LogP contribution >= 0.6 is 0 Å². The van der Waals surface area contributed by atoms with E-state index in [0.29, 0.717) is 13.0 Å². The molecule has 2 rings (SSSR count). The molecule has 0 spiro atoms. The minimum Gasteiger partial charge on any atom is -0.348 e. The fraction of sp³-hybridized carbons (Fsp3) is 0.556. The van der Waals surface area contributed by atoms with Crippen LogP contribution in [0.3, 0.4) is 0 Å². The van der Waals surface area contributed by atoms with E-state index >= 15 is 0 Å². The highest BCUT2D eigenvalue weighted by atomic mass is 32.2. The third kappa shape index (κ3) is 5.28. The zero-order valence-electron chi connectivity index (χ0n) is 15.3. The largest absolute Gasteiger partial charge is 0.348 e. The van der Waals surface area contributed by atoms with Crippen LogP contribution in [0.1, 0.15) is 39.5 Å². The molecule has 1 atom stereocenters. The highest BCUT2D eigenvalue weighted by Gasteiger charge is 2.33. The van der Waals surface area contributed by atoms with Gasteiger partial charge in [-0.15, -0.1) is 0 Å². The Morgan fingerprint density at radius 1 is 1.15 bits per heavy atom. The van der Waals surface area contributed by atoms with Gasteiger partial charge < -0.3 is 10.6 Å². The lowest BCUT2D eigenvalue weighted by molar-refractivity contribution is -0.139. The van der Waals surface area contributed by atoms with Gasteiger partial charge in [-0.05, 0) is 45.2 Å². The van der Waals surface area contributed by atoms with E-state index in [0.717, 1.165) is 19.3 Å². The van der Waals surface area contributed by atoms with E-state index in [9.17, 15) is 18.0 Å². The molecule has 1 aliphatic rings. The maximum absolute atomic E-state index is 12.9. The molecule has 1 fully saturated rings. The van der Waals surface area contributed by atoms with E-state index < -0.39 is 21.8 Å². The number of nitrogens with zero attached hydrogens (tertiary/aromatic N) is 1. The second-order valence-electron chi connectivity index (χ2n) is 6.75. The molecule has 0 bridgehead atoms. The highest BCUT2D eigenvalue weighted by molar-refractivity contribution is 7.89. The van der Waals surface area contributed by atoms with Crippen LogP contribution in [0.4, 0.5) is 0 Å². The van der Waals surface area contributed by atoms with Gasteiger partial charge in [-0.3, -0.25) is 9.59 Å². The normalized spacial score (nSPS) is 18.5.